The van der Waals surface area contributed by atoms with Crippen molar-refractivity contribution >= 4 is 51.8 Å². The third kappa shape index (κ3) is 3.92. The number of hydrogen-bond donors (Lipinski definition) is 1. The predicted molar refractivity (Wildman–Crippen MR) is 99.5 cm³/mol. The van der Waals surface area contributed by atoms with Crippen LogP contribution < -0.4 is 5.32 Å². The Morgan fingerprint density at radius 1 is 1.04 bits per heavy atom. The largest absolute Gasteiger partial charge is 0.449 e. The highest BCUT2D eigenvalue weighted by Gasteiger charge is 2.21. The normalized spacial score (nSPS) is 11.8. The summed E-state index contributed by atoms with van der Waals surface area (Å²) < 4.78 is 5.21. The number of esters is 1. The quantitative estimate of drug-likeness (QED) is 0.678. The summed E-state index contributed by atoms with van der Waals surface area (Å²) in [5, 5.41) is 3.14. The molecule has 0 unspecified atom stereocenters. The van der Waals surface area contributed by atoms with Gasteiger partial charge in [0.1, 0.15) is 0 Å². The molecule has 132 valence electrons. The van der Waals surface area contributed by atoms with Crippen molar-refractivity contribution in [2.45, 2.75) is 13.0 Å². The second-order valence-electron chi connectivity index (χ2n) is 5.39. The molecule has 1 atom stereocenters. The standard InChI is InChI=1S/C18H13Cl2N3O3/c1-10(17(24)23-16-12(19)3-2-4-13(16)20)26-18(25)11-5-6-14-15(9-11)22-8-7-21-14/h2-10H,1H3,(H,23,24)/t10-/m1/s1. The molecule has 0 aliphatic heterocycles. The summed E-state index contributed by atoms with van der Waals surface area (Å²) in [5.74, 6) is -1.20. The monoisotopic (exact) mass is 389 g/mol. The van der Waals surface area contributed by atoms with Crippen molar-refractivity contribution in [3.63, 3.8) is 0 Å². The van der Waals surface area contributed by atoms with Crippen LogP contribution >= 0.6 is 23.2 Å². The first-order valence-electron chi connectivity index (χ1n) is 7.62. The number of carbonyl (C=O) groups is 2. The van der Waals surface area contributed by atoms with Crippen molar-refractivity contribution in [3.8, 4) is 0 Å². The molecule has 1 heterocycles. The van der Waals surface area contributed by atoms with E-state index in [-0.39, 0.29) is 21.3 Å². The van der Waals surface area contributed by atoms with Crippen LogP contribution in [0.3, 0.4) is 0 Å². The van der Waals surface area contributed by atoms with E-state index in [0.29, 0.717) is 11.0 Å². The van der Waals surface area contributed by atoms with Gasteiger partial charge in [0.2, 0.25) is 0 Å². The Morgan fingerprint density at radius 2 is 1.69 bits per heavy atom. The Balaban J connectivity index is 1.70. The molecule has 1 aromatic heterocycles. The molecule has 3 rings (SSSR count). The van der Waals surface area contributed by atoms with E-state index in [1.54, 1.807) is 42.6 Å². The first-order chi connectivity index (χ1) is 12.5. The Hall–Kier alpha value is -2.70. The number of aromatic nitrogens is 2. The lowest BCUT2D eigenvalue weighted by atomic mass is 10.2. The van der Waals surface area contributed by atoms with Gasteiger partial charge in [-0.05, 0) is 37.3 Å². The van der Waals surface area contributed by atoms with Crippen LogP contribution in [0.1, 0.15) is 17.3 Å². The number of carbonyl (C=O) groups excluding carboxylic acids is 2. The Kier molecular flexibility index (Phi) is 5.35. The molecule has 0 radical (unpaired) electrons. The molecule has 0 saturated carbocycles. The molecule has 0 saturated heterocycles. The molecular formula is C18H13Cl2N3O3. The van der Waals surface area contributed by atoms with Crippen LogP contribution in [0.15, 0.2) is 48.8 Å². The number of nitrogens with zero attached hydrogens (tertiary/aromatic N) is 2. The molecule has 0 fully saturated rings. The van der Waals surface area contributed by atoms with Crippen LogP contribution in [0, 0.1) is 0 Å². The molecule has 0 aliphatic rings. The maximum Gasteiger partial charge on any atom is 0.338 e. The Labute approximate surface area is 159 Å². The average molecular weight is 390 g/mol. The van der Waals surface area contributed by atoms with E-state index in [9.17, 15) is 9.59 Å². The highest BCUT2D eigenvalue weighted by molar-refractivity contribution is 6.39. The number of hydrogen-bond acceptors (Lipinski definition) is 5. The van der Waals surface area contributed by atoms with Gasteiger partial charge in [0, 0.05) is 12.4 Å². The summed E-state index contributed by atoms with van der Waals surface area (Å²) in [5.41, 5.74) is 1.75. The zero-order valence-electron chi connectivity index (χ0n) is 13.6. The lowest BCUT2D eigenvalue weighted by Crippen LogP contribution is -2.30. The second-order valence-corrected chi connectivity index (χ2v) is 6.21. The van der Waals surface area contributed by atoms with Crippen LogP contribution in [-0.2, 0) is 9.53 Å². The van der Waals surface area contributed by atoms with E-state index >= 15 is 0 Å². The maximum absolute atomic E-state index is 12.3. The fourth-order valence-electron chi connectivity index (χ4n) is 2.21. The minimum absolute atomic E-state index is 0.268. The first-order valence-corrected chi connectivity index (χ1v) is 8.38. The number of anilines is 1. The molecule has 26 heavy (non-hydrogen) atoms. The van der Waals surface area contributed by atoms with Crippen LogP contribution in [-0.4, -0.2) is 27.9 Å². The fourth-order valence-corrected chi connectivity index (χ4v) is 2.71. The van der Waals surface area contributed by atoms with Gasteiger partial charge >= 0.3 is 5.97 Å². The van der Waals surface area contributed by atoms with Crippen molar-refractivity contribution in [1.82, 2.24) is 9.97 Å². The summed E-state index contributed by atoms with van der Waals surface area (Å²) in [6.07, 6.45) is 2.04. The molecular weight excluding hydrogens is 377 g/mol. The minimum Gasteiger partial charge on any atom is -0.449 e. The van der Waals surface area contributed by atoms with Crippen LogP contribution in [0.5, 0.6) is 0 Å². The molecule has 0 bridgehead atoms. The summed E-state index contributed by atoms with van der Waals surface area (Å²) in [6, 6.07) is 9.63. The average Bonchev–Trinajstić information content (AvgIpc) is 2.64. The van der Waals surface area contributed by atoms with Crippen LogP contribution in [0.2, 0.25) is 10.0 Å². The molecule has 3 aromatic rings. The van der Waals surface area contributed by atoms with Gasteiger partial charge in [-0.15, -0.1) is 0 Å². The zero-order valence-corrected chi connectivity index (χ0v) is 15.1. The van der Waals surface area contributed by atoms with E-state index in [1.807, 2.05) is 0 Å². The number of para-hydroxylation sites is 1. The summed E-state index contributed by atoms with van der Waals surface area (Å²) in [4.78, 5) is 32.8. The Bertz CT molecular complexity index is 974. The number of halogens is 2. The molecule has 8 heteroatoms. The smallest absolute Gasteiger partial charge is 0.338 e. The molecule has 1 amide bonds. The van der Waals surface area contributed by atoms with Crippen LogP contribution in [0.4, 0.5) is 5.69 Å². The van der Waals surface area contributed by atoms with Gasteiger partial charge in [0.05, 0.1) is 32.3 Å². The van der Waals surface area contributed by atoms with Crippen LogP contribution in [0.25, 0.3) is 11.0 Å². The number of benzene rings is 2. The number of nitrogens with one attached hydrogen (secondary N) is 1. The lowest BCUT2D eigenvalue weighted by Gasteiger charge is -2.15. The van der Waals surface area contributed by atoms with E-state index in [4.69, 9.17) is 27.9 Å². The van der Waals surface area contributed by atoms with Crippen molar-refractivity contribution in [3.05, 3.63) is 64.4 Å². The zero-order chi connectivity index (χ0) is 18.7. The van der Waals surface area contributed by atoms with Gasteiger partial charge in [-0.25, -0.2) is 4.79 Å². The maximum atomic E-state index is 12.3. The van der Waals surface area contributed by atoms with Gasteiger partial charge in [-0.1, -0.05) is 29.3 Å². The van der Waals surface area contributed by atoms with E-state index < -0.39 is 18.0 Å². The third-order valence-electron chi connectivity index (χ3n) is 3.57. The molecule has 0 aliphatic carbocycles. The number of fused-ring (bicyclic) bond motifs is 1. The highest BCUT2D eigenvalue weighted by atomic mass is 35.5. The first kappa shape index (κ1) is 18.1. The highest BCUT2D eigenvalue weighted by Crippen LogP contribution is 2.30. The van der Waals surface area contributed by atoms with E-state index in [0.717, 1.165) is 0 Å². The SMILES string of the molecule is C[C@@H](OC(=O)c1ccc2nccnc2c1)C(=O)Nc1c(Cl)cccc1Cl. The predicted octanol–water partition coefficient (Wildman–Crippen LogP) is 4.12. The number of ether oxygens (including phenoxy) is 1. The van der Waals surface area contributed by atoms with Gasteiger partial charge < -0.3 is 10.1 Å². The Morgan fingerprint density at radius 3 is 2.38 bits per heavy atom. The fraction of sp³-hybridized carbons (Fsp3) is 0.111. The van der Waals surface area contributed by atoms with Crippen molar-refractivity contribution in [2.24, 2.45) is 0 Å². The number of amides is 1. The second kappa shape index (κ2) is 7.68. The van der Waals surface area contributed by atoms with Gasteiger partial charge in [0.15, 0.2) is 6.10 Å². The molecule has 2 aromatic carbocycles. The van der Waals surface area contributed by atoms with Crippen molar-refractivity contribution in [1.29, 1.82) is 0 Å². The van der Waals surface area contributed by atoms with E-state index in [2.05, 4.69) is 15.3 Å². The third-order valence-corrected chi connectivity index (χ3v) is 4.20. The van der Waals surface area contributed by atoms with Gasteiger partial charge in [-0.2, -0.15) is 0 Å². The topological polar surface area (TPSA) is 81.2 Å². The summed E-state index contributed by atoms with van der Waals surface area (Å²) >= 11 is 12.0. The number of rotatable bonds is 4. The van der Waals surface area contributed by atoms with Gasteiger partial charge in [-0.3, -0.25) is 14.8 Å². The van der Waals surface area contributed by atoms with Crippen molar-refractivity contribution in [2.75, 3.05) is 5.32 Å². The lowest BCUT2D eigenvalue weighted by molar-refractivity contribution is -0.123. The summed E-state index contributed by atoms with van der Waals surface area (Å²) in [7, 11) is 0. The molecule has 1 N–H and O–H groups in total. The van der Waals surface area contributed by atoms with Crippen molar-refractivity contribution < 1.29 is 14.3 Å². The molecule has 6 nitrogen and oxygen atoms in total. The summed E-state index contributed by atoms with van der Waals surface area (Å²) in [6.45, 7) is 1.46. The van der Waals surface area contributed by atoms with Gasteiger partial charge in [0.25, 0.3) is 5.91 Å². The minimum atomic E-state index is -1.05. The molecule has 0 spiro atoms. The van der Waals surface area contributed by atoms with E-state index in [1.165, 1.54) is 13.1 Å².